The fourth-order valence-electron chi connectivity index (χ4n) is 5.24. The van der Waals surface area contributed by atoms with Crippen molar-refractivity contribution in [3.63, 3.8) is 0 Å². The summed E-state index contributed by atoms with van der Waals surface area (Å²) in [5.74, 6) is -0.0353. The van der Waals surface area contributed by atoms with E-state index in [-0.39, 0.29) is 23.8 Å². The van der Waals surface area contributed by atoms with Crippen LogP contribution in [-0.4, -0.2) is 52.3 Å². The molecule has 10 heteroatoms. The van der Waals surface area contributed by atoms with E-state index in [9.17, 15) is 9.59 Å². The first-order valence-corrected chi connectivity index (χ1v) is 17.0. The molecule has 0 aliphatic heterocycles. The molecule has 2 heterocycles. The predicted octanol–water partition coefficient (Wildman–Crippen LogP) is 7.31. The van der Waals surface area contributed by atoms with E-state index >= 15 is 0 Å². The Morgan fingerprint density at radius 2 is 1.17 bits per heavy atom. The molecule has 2 N–H and O–H groups in total. The standard InChI is InChI=1S/C19H23NO2.C11H14BrNO2.C8H11BO2/c1-5-22-18(21)11-15(4)16-9-10-20-17(12-16)19-13(2)7-6-8-14(19)3;1-3-15-11(14)6-8(2)9-4-5-13-10(12)7-9;1-6-4-3-5-7(2)8(6)9(10)11/h6-10,12,15H,5,11H2,1-4H3;4-5,7-8H,3,6H2,1-2H3;3-5,10-11H,1-2H3/t15-;8-;/m00./s1. The number of benzene rings is 2. The Morgan fingerprint density at radius 1 is 0.729 bits per heavy atom. The van der Waals surface area contributed by atoms with Crippen LogP contribution in [0.1, 0.15) is 85.8 Å². The number of rotatable bonds is 10. The summed E-state index contributed by atoms with van der Waals surface area (Å²) in [6, 6.07) is 19.8. The molecule has 2 atom stereocenters. The van der Waals surface area contributed by atoms with E-state index in [1.807, 2.05) is 84.1 Å². The van der Waals surface area contributed by atoms with Crippen molar-refractivity contribution in [3.05, 3.63) is 111 Å². The smallest absolute Gasteiger partial charge is 0.466 e. The molecule has 0 spiro atoms. The molecule has 0 saturated heterocycles. The topological polar surface area (TPSA) is 119 Å². The van der Waals surface area contributed by atoms with Crippen molar-refractivity contribution in [2.45, 2.75) is 80.1 Å². The SMILES string of the molecule is CCOC(=O)C[C@H](C)c1ccnc(-c2c(C)cccc2C)c1.CCOC(=O)C[C@H](C)c1ccnc(Br)c1.Cc1cccc(C)c1B(O)O. The van der Waals surface area contributed by atoms with Crippen molar-refractivity contribution < 1.29 is 29.1 Å². The first-order chi connectivity index (χ1) is 22.8. The summed E-state index contributed by atoms with van der Waals surface area (Å²) < 4.78 is 10.7. The molecule has 0 bridgehead atoms. The van der Waals surface area contributed by atoms with Gasteiger partial charge in [-0.1, -0.05) is 61.4 Å². The maximum Gasteiger partial charge on any atom is 0.488 e. The van der Waals surface area contributed by atoms with Crippen LogP contribution in [0.2, 0.25) is 0 Å². The first-order valence-electron chi connectivity index (χ1n) is 16.2. The molecule has 2 aromatic heterocycles. The number of aryl methyl sites for hydroxylation is 4. The van der Waals surface area contributed by atoms with Crippen LogP contribution in [0, 0.1) is 27.7 Å². The van der Waals surface area contributed by atoms with Crippen LogP contribution in [0.5, 0.6) is 0 Å². The number of carbonyl (C=O) groups excluding carboxylic acids is 2. The van der Waals surface area contributed by atoms with E-state index < -0.39 is 7.12 Å². The molecule has 256 valence electrons. The highest BCUT2D eigenvalue weighted by Crippen LogP contribution is 2.29. The highest BCUT2D eigenvalue weighted by molar-refractivity contribution is 9.10. The van der Waals surface area contributed by atoms with Crippen LogP contribution < -0.4 is 5.46 Å². The van der Waals surface area contributed by atoms with Crippen LogP contribution in [0.15, 0.2) is 77.7 Å². The third-order valence-electron chi connectivity index (χ3n) is 7.77. The van der Waals surface area contributed by atoms with Crippen molar-refractivity contribution in [3.8, 4) is 11.3 Å². The van der Waals surface area contributed by atoms with Gasteiger partial charge in [-0.05, 0) is 121 Å². The van der Waals surface area contributed by atoms with Gasteiger partial charge in [0.15, 0.2) is 0 Å². The quantitative estimate of drug-likeness (QED) is 0.0996. The van der Waals surface area contributed by atoms with Crippen LogP contribution >= 0.6 is 15.9 Å². The molecular formula is C38H48BBrN2O6. The Hall–Kier alpha value is -3.86. The Labute approximate surface area is 294 Å². The highest BCUT2D eigenvalue weighted by Gasteiger charge is 2.16. The van der Waals surface area contributed by atoms with Gasteiger partial charge >= 0.3 is 19.1 Å². The molecule has 2 aromatic carbocycles. The van der Waals surface area contributed by atoms with E-state index in [2.05, 4.69) is 64.0 Å². The lowest BCUT2D eigenvalue weighted by molar-refractivity contribution is -0.144. The maximum atomic E-state index is 11.7. The number of hydrogen-bond acceptors (Lipinski definition) is 8. The Balaban J connectivity index is 0.000000267. The predicted molar refractivity (Wildman–Crippen MR) is 196 cm³/mol. The number of aromatic nitrogens is 2. The summed E-state index contributed by atoms with van der Waals surface area (Å²) in [5.41, 5.74) is 9.21. The molecule has 0 saturated carbocycles. The zero-order valence-electron chi connectivity index (χ0n) is 29.3. The molecule has 4 aromatic rings. The molecule has 0 radical (unpaired) electrons. The highest BCUT2D eigenvalue weighted by atomic mass is 79.9. The van der Waals surface area contributed by atoms with Gasteiger partial charge in [0, 0.05) is 18.0 Å². The molecule has 0 aliphatic carbocycles. The molecular weight excluding hydrogens is 671 g/mol. The van der Waals surface area contributed by atoms with Gasteiger partial charge in [0.25, 0.3) is 0 Å². The van der Waals surface area contributed by atoms with Gasteiger partial charge in [-0.15, -0.1) is 0 Å². The number of nitrogens with zero attached hydrogens (tertiary/aromatic N) is 2. The number of pyridine rings is 2. The van der Waals surface area contributed by atoms with Gasteiger partial charge in [0.2, 0.25) is 0 Å². The molecule has 4 rings (SSSR count). The first kappa shape index (κ1) is 40.3. The average molecular weight is 720 g/mol. The van der Waals surface area contributed by atoms with E-state index in [0.717, 1.165) is 32.6 Å². The second-order valence-electron chi connectivity index (χ2n) is 11.7. The second kappa shape index (κ2) is 20.5. The van der Waals surface area contributed by atoms with E-state index in [1.54, 1.807) is 6.20 Å². The fourth-order valence-corrected chi connectivity index (χ4v) is 5.63. The molecule has 0 fully saturated rings. The molecule has 0 aliphatic rings. The average Bonchev–Trinajstić information content (AvgIpc) is 3.02. The summed E-state index contributed by atoms with van der Waals surface area (Å²) in [4.78, 5) is 31.5. The van der Waals surface area contributed by atoms with Crippen molar-refractivity contribution in [1.29, 1.82) is 0 Å². The Kier molecular flexibility index (Phi) is 17.2. The van der Waals surface area contributed by atoms with E-state index in [1.165, 1.54) is 16.7 Å². The minimum Gasteiger partial charge on any atom is -0.466 e. The zero-order valence-corrected chi connectivity index (χ0v) is 30.9. The minimum absolute atomic E-state index is 0.116. The zero-order chi connectivity index (χ0) is 35.8. The van der Waals surface area contributed by atoms with Gasteiger partial charge in [-0.3, -0.25) is 14.6 Å². The van der Waals surface area contributed by atoms with Crippen molar-refractivity contribution in [2.75, 3.05) is 13.2 Å². The number of hydrogen-bond donors (Lipinski definition) is 2. The lowest BCUT2D eigenvalue weighted by atomic mass is 9.74. The summed E-state index contributed by atoms with van der Waals surface area (Å²) in [6.07, 6.45) is 4.34. The van der Waals surface area contributed by atoms with Crippen LogP contribution in [0.3, 0.4) is 0 Å². The summed E-state index contributed by atoms with van der Waals surface area (Å²) >= 11 is 3.30. The van der Waals surface area contributed by atoms with Crippen LogP contribution in [-0.2, 0) is 19.1 Å². The largest absolute Gasteiger partial charge is 0.488 e. The number of esters is 2. The minimum atomic E-state index is -1.35. The van der Waals surface area contributed by atoms with Crippen molar-refractivity contribution >= 4 is 40.4 Å². The number of ether oxygens (including phenoxy) is 2. The van der Waals surface area contributed by atoms with Gasteiger partial charge in [-0.25, -0.2) is 4.98 Å². The number of carbonyl (C=O) groups is 2. The van der Waals surface area contributed by atoms with Crippen LogP contribution in [0.25, 0.3) is 11.3 Å². The fraction of sp³-hybridized carbons (Fsp3) is 0.368. The van der Waals surface area contributed by atoms with Gasteiger partial charge in [-0.2, -0.15) is 0 Å². The molecule has 0 unspecified atom stereocenters. The number of halogens is 1. The lowest BCUT2D eigenvalue weighted by Crippen LogP contribution is -2.34. The Bertz CT molecular complexity index is 1590. The van der Waals surface area contributed by atoms with E-state index in [4.69, 9.17) is 19.5 Å². The van der Waals surface area contributed by atoms with E-state index in [0.29, 0.717) is 31.5 Å². The molecule has 0 amide bonds. The molecule has 48 heavy (non-hydrogen) atoms. The third-order valence-corrected chi connectivity index (χ3v) is 8.20. The van der Waals surface area contributed by atoms with Gasteiger partial charge in [0.1, 0.15) is 4.60 Å². The van der Waals surface area contributed by atoms with Crippen LogP contribution in [0.4, 0.5) is 0 Å². The summed E-state index contributed by atoms with van der Waals surface area (Å²) in [6.45, 7) is 16.5. The monoisotopic (exact) mass is 718 g/mol. The van der Waals surface area contributed by atoms with Crippen molar-refractivity contribution in [1.82, 2.24) is 9.97 Å². The third kappa shape index (κ3) is 13.0. The summed E-state index contributed by atoms with van der Waals surface area (Å²) in [5, 5.41) is 17.9. The van der Waals surface area contributed by atoms with Crippen molar-refractivity contribution in [2.24, 2.45) is 0 Å². The van der Waals surface area contributed by atoms with Gasteiger partial charge in [0.05, 0.1) is 31.7 Å². The maximum absolute atomic E-state index is 11.7. The summed E-state index contributed by atoms with van der Waals surface area (Å²) in [7, 11) is -1.35. The Morgan fingerprint density at radius 3 is 1.58 bits per heavy atom. The second-order valence-corrected chi connectivity index (χ2v) is 12.5. The van der Waals surface area contributed by atoms with Gasteiger partial charge < -0.3 is 19.5 Å². The molecule has 8 nitrogen and oxygen atoms in total. The lowest BCUT2D eigenvalue weighted by Gasteiger charge is -2.14. The normalized spacial score (nSPS) is 11.6.